The summed E-state index contributed by atoms with van der Waals surface area (Å²) in [4.78, 5) is 37.3. The third-order valence-corrected chi connectivity index (χ3v) is 3.82. The number of rotatable bonds is 9. The molecule has 1 heterocycles. The van der Waals surface area contributed by atoms with Crippen LogP contribution in [0.1, 0.15) is 36.3 Å². The smallest absolute Gasteiger partial charge is 0.272 e. The van der Waals surface area contributed by atoms with Crippen LogP contribution in [0.2, 0.25) is 0 Å². The van der Waals surface area contributed by atoms with Crippen LogP contribution in [-0.2, 0) is 16.1 Å². The Morgan fingerprint density at radius 3 is 2.48 bits per heavy atom. The first-order valence-corrected chi connectivity index (χ1v) is 8.71. The fourth-order valence-electron chi connectivity index (χ4n) is 2.52. The van der Waals surface area contributed by atoms with Crippen molar-refractivity contribution in [2.45, 2.75) is 39.0 Å². The molecule has 0 bridgehead atoms. The predicted octanol–water partition coefficient (Wildman–Crippen LogP) is 1.80. The maximum absolute atomic E-state index is 12.7. The summed E-state index contributed by atoms with van der Waals surface area (Å²) in [5.74, 6) is -0.774. The summed E-state index contributed by atoms with van der Waals surface area (Å²) in [6.07, 6.45) is 4.03. The first kappa shape index (κ1) is 20.5. The van der Waals surface area contributed by atoms with E-state index in [1.165, 1.54) is 18.6 Å². The van der Waals surface area contributed by atoms with Crippen LogP contribution in [0.5, 0.6) is 0 Å². The first-order chi connectivity index (χ1) is 13.0. The SMILES string of the molecule is CC(C)CC(NC(=O)C(Cc1ccccc1)NC(=O)c1cnccn1)OO. The maximum Gasteiger partial charge on any atom is 0.272 e. The van der Waals surface area contributed by atoms with Crippen molar-refractivity contribution in [1.82, 2.24) is 20.6 Å². The fraction of sp³-hybridized carbons (Fsp3) is 0.368. The molecule has 0 saturated heterocycles. The zero-order chi connectivity index (χ0) is 19.6. The second-order valence-corrected chi connectivity index (χ2v) is 6.54. The summed E-state index contributed by atoms with van der Waals surface area (Å²) in [7, 11) is 0. The molecule has 0 aliphatic carbocycles. The molecule has 0 aliphatic rings. The van der Waals surface area contributed by atoms with Gasteiger partial charge in [0.2, 0.25) is 5.91 Å². The normalized spacial score (nSPS) is 13.0. The van der Waals surface area contributed by atoms with Crippen molar-refractivity contribution in [3.63, 3.8) is 0 Å². The molecule has 2 aromatic rings. The molecule has 3 N–H and O–H groups in total. The van der Waals surface area contributed by atoms with Crippen LogP contribution < -0.4 is 10.6 Å². The first-order valence-electron chi connectivity index (χ1n) is 8.71. The van der Waals surface area contributed by atoms with Gasteiger partial charge in [0, 0.05) is 18.8 Å². The topological polar surface area (TPSA) is 113 Å². The summed E-state index contributed by atoms with van der Waals surface area (Å²) in [6, 6.07) is 8.44. The van der Waals surface area contributed by atoms with Gasteiger partial charge in [0.05, 0.1) is 6.20 Å². The van der Waals surface area contributed by atoms with Gasteiger partial charge >= 0.3 is 0 Å². The van der Waals surface area contributed by atoms with E-state index in [0.717, 1.165) is 5.56 Å². The largest absolute Gasteiger partial charge is 0.339 e. The van der Waals surface area contributed by atoms with Crippen LogP contribution in [0.25, 0.3) is 0 Å². The van der Waals surface area contributed by atoms with Crippen molar-refractivity contribution in [2.24, 2.45) is 5.92 Å². The van der Waals surface area contributed by atoms with E-state index < -0.39 is 24.1 Å². The second-order valence-electron chi connectivity index (χ2n) is 6.54. The number of aromatic nitrogens is 2. The molecular formula is C19H24N4O4. The average Bonchev–Trinajstić information content (AvgIpc) is 2.68. The Hall–Kier alpha value is -2.84. The predicted molar refractivity (Wildman–Crippen MR) is 98.5 cm³/mol. The molecule has 2 rings (SSSR count). The van der Waals surface area contributed by atoms with Gasteiger partial charge in [-0.2, -0.15) is 0 Å². The van der Waals surface area contributed by atoms with E-state index in [0.29, 0.717) is 6.42 Å². The lowest BCUT2D eigenvalue weighted by molar-refractivity contribution is -0.287. The van der Waals surface area contributed by atoms with Gasteiger partial charge < -0.3 is 10.6 Å². The summed E-state index contributed by atoms with van der Waals surface area (Å²) < 4.78 is 0. The average molecular weight is 372 g/mol. The second kappa shape index (κ2) is 10.3. The van der Waals surface area contributed by atoms with Gasteiger partial charge in [0.15, 0.2) is 6.23 Å². The van der Waals surface area contributed by atoms with E-state index in [4.69, 9.17) is 5.26 Å². The van der Waals surface area contributed by atoms with E-state index in [2.05, 4.69) is 25.5 Å². The van der Waals surface area contributed by atoms with Gasteiger partial charge in [-0.25, -0.2) is 15.1 Å². The van der Waals surface area contributed by atoms with Crippen LogP contribution in [0.15, 0.2) is 48.9 Å². The van der Waals surface area contributed by atoms with Crippen molar-refractivity contribution < 1.29 is 19.7 Å². The van der Waals surface area contributed by atoms with Crippen molar-refractivity contribution >= 4 is 11.8 Å². The van der Waals surface area contributed by atoms with E-state index in [1.807, 2.05) is 44.2 Å². The van der Waals surface area contributed by atoms with E-state index in [-0.39, 0.29) is 18.0 Å². The number of nitrogens with one attached hydrogen (secondary N) is 2. The minimum absolute atomic E-state index is 0.112. The molecule has 1 aromatic carbocycles. The molecule has 0 fully saturated rings. The highest BCUT2D eigenvalue weighted by Gasteiger charge is 2.25. The lowest BCUT2D eigenvalue weighted by Crippen LogP contribution is -2.51. The van der Waals surface area contributed by atoms with Crippen LogP contribution in [0.3, 0.4) is 0 Å². The van der Waals surface area contributed by atoms with Crippen molar-refractivity contribution in [2.75, 3.05) is 0 Å². The van der Waals surface area contributed by atoms with Gasteiger partial charge in [-0.3, -0.25) is 14.6 Å². The van der Waals surface area contributed by atoms with E-state index >= 15 is 0 Å². The molecule has 27 heavy (non-hydrogen) atoms. The summed E-state index contributed by atoms with van der Waals surface area (Å²) in [6.45, 7) is 3.88. The lowest BCUT2D eigenvalue weighted by Gasteiger charge is -2.22. The third-order valence-electron chi connectivity index (χ3n) is 3.82. The van der Waals surface area contributed by atoms with Gasteiger partial charge in [0.25, 0.3) is 5.91 Å². The van der Waals surface area contributed by atoms with E-state index in [9.17, 15) is 9.59 Å². The molecule has 0 aliphatic heterocycles. The molecule has 144 valence electrons. The number of hydrogen-bond donors (Lipinski definition) is 3. The number of carbonyl (C=O) groups excluding carboxylic acids is 2. The maximum atomic E-state index is 12.7. The molecule has 2 amide bonds. The molecule has 2 unspecified atom stereocenters. The number of hydrogen-bond acceptors (Lipinski definition) is 6. The number of benzene rings is 1. The van der Waals surface area contributed by atoms with Gasteiger partial charge in [0.1, 0.15) is 11.7 Å². The Morgan fingerprint density at radius 2 is 1.89 bits per heavy atom. The Kier molecular flexibility index (Phi) is 7.84. The number of amides is 2. The van der Waals surface area contributed by atoms with Crippen LogP contribution in [-0.4, -0.2) is 39.3 Å². The zero-order valence-corrected chi connectivity index (χ0v) is 15.3. The third kappa shape index (κ3) is 6.76. The summed E-state index contributed by atoms with van der Waals surface area (Å²) in [5.41, 5.74) is 0.989. The highest BCUT2D eigenvalue weighted by molar-refractivity contribution is 5.96. The molecule has 0 radical (unpaired) electrons. The standard InChI is InChI=1S/C19H24N4O4/c1-13(2)10-17(27-26)23-18(24)15(11-14-6-4-3-5-7-14)22-19(25)16-12-20-8-9-21-16/h3-9,12-13,15,17,26H,10-11H2,1-2H3,(H,22,25)(H,23,24). The van der Waals surface area contributed by atoms with E-state index in [1.54, 1.807) is 0 Å². The lowest BCUT2D eigenvalue weighted by atomic mass is 10.0. The highest BCUT2D eigenvalue weighted by atomic mass is 17.1. The van der Waals surface area contributed by atoms with Gasteiger partial charge in [-0.05, 0) is 17.9 Å². The van der Waals surface area contributed by atoms with Crippen molar-refractivity contribution in [1.29, 1.82) is 0 Å². The monoisotopic (exact) mass is 372 g/mol. The Labute approximate surface area is 157 Å². The number of carbonyl (C=O) groups is 2. The molecule has 8 nitrogen and oxygen atoms in total. The fourth-order valence-corrected chi connectivity index (χ4v) is 2.52. The van der Waals surface area contributed by atoms with Crippen LogP contribution in [0, 0.1) is 5.92 Å². The quantitative estimate of drug-likeness (QED) is 0.351. The Morgan fingerprint density at radius 1 is 1.15 bits per heavy atom. The molecule has 8 heteroatoms. The van der Waals surface area contributed by atoms with Gasteiger partial charge in [-0.1, -0.05) is 44.2 Å². The Bertz CT molecular complexity index is 725. The molecular weight excluding hydrogens is 348 g/mol. The molecule has 0 saturated carbocycles. The van der Waals surface area contributed by atoms with Crippen molar-refractivity contribution in [3.8, 4) is 0 Å². The summed E-state index contributed by atoms with van der Waals surface area (Å²) in [5, 5.41) is 14.3. The number of nitrogens with zero attached hydrogens (tertiary/aromatic N) is 2. The van der Waals surface area contributed by atoms with Crippen LogP contribution >= 0.6 is 0 Å². The highest BCUT2D eigenvalue weighted by Crippen LogP contribution is 2.08. The van der Waals surface area contributed by atoms with Crippen molar-refractivity contribution in [3.05, 3.63) is 60.2 Å². The molecule has 1 aromatic heterocycles. The Balaban J connectivity index is 2.13. The van der Waals surface area contributed by atoms with Crippen LogP contribution in [0.4, 0.5) is 0 Å². The van der Waals surface area contributed by atoms with Gasteiger partial charge in [-0.15, -0.1) is 0 Å². The minimum Gasteiger partial charge on any atom is -0.339 e. The minimum atomic E-state index is -0.869. The molecule has 0 spiro atoms. The summed E-state index contributed by atoms with van der Waals surface area (Å²) >= 11 is 0. The molecule has 2 atom stereocenters. The zero-order valence-electron chi connectivity index (χ0n) is 15.3.